The van der Waals surface area contributed by atoms with Gasteiger partial charge >= 0.3 is 5.97 Å². The molecular formula is C18H13ClN2O3S. The maximum atomic E-state index is 12.4. The molecule has 0 saturated carbocycles. The van der Waals surface area contributed by atoms with Gasteiger partial charge in [-0.1, -0.05) is 41.9 Å². The number of likely N-dealkylation sites (N-methyl/N-ethyl adjacent to an activating group) is 1. The van der Waals surface area contributed by atoms with Gasteiger partial charge in [0.15, 0.2) is 5.17 Å². The van der Waals surface area contributed by atoms with Gasteiger partial charge in [0.05, 0.1) is 21.2 Å². The minimum absolute atomic E-state index is 0.0273. The van der Waals surface area contributed by atoms with Crippen molar-refractivity contribution in [1.82, 2.24) is 4.90 Å². The fourth-order valence-corrected chi connectivity index (χ4v) is 3.39. The minimum atomic E-state index is -1.12. The monoisotopic (exact) mass is 372 g/mol. The Balaban J connectivity index is 1.92. The fraction of sp³-hybridized carbons (Fsp3) is 0.0556. The second-order valence-electron chi connectivity index (χ2n) is 5.25. The molecule has 0 bridgehead atoms. The topological polar surface area (TPSA) is 70.0 Å². The number of carbonyl (C=O) groups is 2. The first-order chi connectivity index (χ1) is 12.0. The van der Waals surface area contributed by atoms with Gasteiger partial charge in [-0.05, 0) is 41.6 Å². The number of carboxylic acid groups (broad SMARTS) is 1. The molecule has 1 N–H and O–H groups in total. The third kappa shape index (κ3) is 3.75. The number of carbonyl (C=O) groups excluding carboxylic acids is 1. The summed E-state index contributed by atoms with van der Waals surface area (Å²) in [5.74, 6) is -1.28. The van der Waals surface area contributed by atoms with Crippen LogP contribution in [0.2, 0.25) is 5.02 Å². The Labute approximate surface area is 153 Å². The number of aliphatic imine (C=N–C) groups is 1. The van der Waals surface area contributed by atoms with E-state index in [9.17, 15) is 9.59 Å². The zero-order valence-electron chi connectivity index (χ0n) is 13.1. The van der Waals surface area contributed by atoms with Crippen molar-refractivity contribution in [2.45, 2.75) is 0 Å². The van der Waals surface area contributed by atoms with E-state index in [1.54, 1.807) is 19.2 Å². The number of amides is 1. The van der Waals surface area contributed by atoms with Gasteiger partial charge in [0.1, 0.15) is 0 Å². The van der Waals surface area contributed by atoms with Crippen molar-refractivity contribution in [2.75, 3.05) is 7.05 Å². The molecule has 1 saturated heterocycles. The quantitative estimate of drug-likeness (QED) is 0.817. The number of amidine groups is 1. The molecule has 1 aliphatic heterocycles. The molecule has 0 aromatic heterocycles. The maximum Gasteiger partial charge on any atom is 0.337 e. The SMILES string of the molecule is CN1C(=O)/C(=C\c2ccccc2)SC1=Nc1ccc(Cl)c(C(=O)O)c1. The molecule has 0 atom stereocenters. The van der Waals surface area contributed by atoms with Crippen LogP contribution in [0.4, 0.5) is 5.69 Å². The molecule has 1 aliphatic rings. The Hall–Kier alpha value is -2.57. The molecule has 1 amide bonds. The molecule has 0 radical (unpaired) electrons. The Morgan fingerprint density at radius 2 is 1.96 bits per heavy atom. The first kappa shape index (κ1) is 17.3. The van der Waals surface area contributed by atoms with Crippen LogP contribution in [0.1, 0.15) is 15.9 Å². The summed E-state index contributed by atoms with van der Waals surface area (Å²) in [5, 5.41) is 9.76. The highest BCUT2D eigenvalue weighted by atomic mass is 35.5. The zero-order valence-corrected chi connectivity index (χ0v) is 14.7. The van der Waals surface area contributed by atoms with Crippen molar-refractivity contribution >= 4 is 52.2 Å². The Morgan fingerprint density at radius 3 is 2.64 bits per heavy atom. The lowest BCUT2D eigenvalue weighted by Gasteiger charge is -2.07. The van der Waals surface area contributed by atoms with Crippen molar-refractivity contribution in [3.8, 4) is 0 Å². The number of hydrogen-bond acceptors (Lipinski definition) is 4. The lowest BCUT2D eigenvalue weighted by atomic mass is 10.2. The molecule has 5 nitrogen and oxygen atoms in total. The standard InChI is InChI=1S/C18H13ClN2O3S/c1-21-16(22)15(9-11-5-3-2-4-6-11)25-18(21)20-12-7-8-14(19)13(10-12)17(23)24/h2-10H,1H3,(H,23,24)/b15-9+,20-18?. The lowest BCUT2D eigenvalue weighted by molar-refractivity contribution is -0.121. The number of carboxylic acids is 1. The molecular weight excluding hydrogens is 360 g/mol. The molecule has 0 spiro atoms. The largest absolute Gasteiger partial charge is 0.478 e. The fourth-order valence-electron chi connectivity index (χ4n) is 2.21. The third-order valence-corrected chi connectivity index (χ3v) is 4.90. The van der Waals surface area contributed by atoms with E-state index < -0.39 is 5.97 Å². The molecule has 2 aromatic carbocycles. The predicted octanol–water partition coefficient (Wildman–Crippen LogP) is 4.27. The minimum Gasteiger partial charge on any atom is -0.478 e. The van der Waals surface area contributed by atoms with Gasteiger partial charge < -0.3 is 5.11 Å². The van der Waals surface area contributed by atoms with Gasteiger partial charge in [-0.2, -0.15) is 0 Å². The summed E-state index contributed by atoms with van der Waals surface area (Å²) < 4.78 is 0. The molecule has 0 unspecified atom stereocenters. The molecule has 1 heterocycles. The van der Waals surface area contributed by atoms with E-state index in [2.05, 4.69) is 4.99 Å². The molecule has 25 heavy (non-hydrogen) atoms. The Morgan fingerprint density at radius 1 is 1.24 bits per heavy atom. The third-order valence-electron chi connectivity index (χ3n) is 3.51. The summed E-state index contributed by atoms with van der Waals surface area (Å²) in [5.41, 5.74) is 1.32. The second kappa shape index (κ2) is 7.13. The maximum absolute atomic E-state index is 12.4. The molecule has 7 heteroatoms. The smallest absolute Gasteiger partial charge is 0.337 e. The number of rotatable bonds is 3. The van der Waals surface area contributed by atoms with Crippen LogP contribution in [0.5, 0.6) is 0 Å². The normalized spacial score (nSPS) is 17.5. The van der Waals surface area contributed by atoms with Gasteiger partial charge in [0.2, 0.25) is 0 Å². The first-order valence-corrected chi connectivity index (χ1v) is 8.49. The highest BCUT2D eigenvalue weighted by molar-refractivity contribution is 8.18. The van der Waals surface area contributed by atoms with E-state index in [0.717, 1.165) is 5.56 Å². The zero-order chi connectivity index (χ0) is 18.0. The number of benzene rings is 2. The molecule has 126 valence electrons. The van der Waals surface area contributed by atoms with Crippen molar-refractivity contribution in [2.24, 2.45) is 4.99 Å². The van der Waals surface area contributed by atoms with Crippen LogP contribution >= 0.6 is 23.4 Å². The predicted molar refractivity (Wildman–Crippen MR) is 100 cm³/mol. The highest BCUT2D eigenvalue weighted by Gasteiger charge is 2.30. The number of aromatic carboxylic acids is 1. The summed E-state index contributed by atoms with van der Waals surface area (Å²) >= 11 is 7.11. The average Bonchev–Trinajstić information content (AvgIpc) is 2.85. The Bertz CT molecular complexity index is 910. The van der Waals surface area contributed by atoms with E-state index in [0.29, 0.717) is 15.8 Å². The highest BCUT2D eigenvalue weighted by Crippen LogP contribution is 2.33. The summed E-state index contributed by atoms with van der Waals surface area (Å²) in [6.45, 7) is 0. The van der Waals surface area contributed by atoms with Crippen LogP contribution in [-0.2, 0) is 4.79 Å². The van der Waals surface area contributed by atoms with Crippen molar-refractivity contribution in [3.63, 3.8) is 0 Å². The van der Waals surface area contributed by atoms with Crippen LogP contribution in [0.15, 0.2) is 58.4 Å². The number of thioether (sulfide) groups is 1. The van der Waals surface area contributed by atoms with Crippen LogP contribution in [0.25, 0.3) is 6.08 Å². The molecule has 3 rings (SSSR count). The van der Waals surface area contributed by atoms with Crippen molar-refractivity contribution in [1.29, 1.82) is 0 Å². The first-order valence-electron chi connectivity index (χ1n) is 7.30. The number of hydrogen-bond donors (Lipinski definition) is 1. The van der Waals surface area contributed by atoms with E-state index >= 15 is 0 Å². The summed E-state index contributed by atoms with van der Waals surface area (Å²) in [7, 11) is 1.63. The summed E-state index contributed by atoms with van der Waals surface area (Å²) in [6.07, 6.45) is 1.80. The van der Waals surface area contributed by atoms with Crippen LogP contribution in [0, 0.1) is 0 Å². The van der Waals surface area contributed by atoms with Gasteiger partial charge in [-0.15, -0.1) is 0 Å². The van der Waals surface area contributed by atoms with Crippen LogP contribution < -0.4 is 0 Å². The molecule has 2 aromatic rings. The summed E-state index contributed by atoms with van der Waals surface area (Å²) in [6, 6.07) is 14.0. The van der Waals surface area contributed by atoms with Gasteiger partial charge in [-0.3, -0.25) is 9.69 Å². The Kier molecular flexibility index (Phi) is 4.92. The van der Waals surface area contributed by atoms with Gasteiger partial charge in [0, 0.05) is 7.05 Å². The average molecular weight is 373 g/mol. The lowest BCUT2D eigenvalue weighted by Crippen LogP contribution is -2.23. The van der Waals surface area contributed by atoms with Crippen molar-refractivity contribution < 1.29 is 14.7 Å². The molecule has 0 aliphatic carbocycles. The molecule has 1 fully saturated rings. The van der Waals surface area contributed by atoms with Gasteiger partial charge in [0.25, 0.3) is 5.91 Å². The second-order valence-corrected chi connectivity index (χ2v) is 6.67. The van der Waals surface area contributed by atoms with Crippen LogP contribution in [-0.4, -0.2) is 34.1 Å². The van der Waals surface area contributed by atoms with E-state index in [-0.39, 0.29) is 16.5 Å². The van der Waals surface area contributed by atoms with Gasteiger partial charge in [-0.25, -0.2) is 9.79 Å². The number of halogens is 1. The van der Waals surface area contributed by atoms with E-state index in [1.165, 1.54) is 28.8 Å². The number of nitrogens with zero attached hydrogens (tertiary/aromatic N) is 2. The van der Waals surface area contributed by atoms with E-state index in [4.69, 9.17) is 16.7 Å². The summed E-state index contributed by atoms with van der Waals surface area (Å²) in [4.78, 5) is 29.9. The van der Waals surface area contributed by atoms with E-state index in [1.807, 2.05) is 30.3 Å². The van der Waals surface area contributed by atoms with Crippen LogP contribution in [0.3, 0.4) is 0 Å². The van der Waals surface area contributed by atoms with Crippen molar-refractivity contribution in [3.05, 3.63) is 69.6 Å².